The third kappa shape index (κ3) is 2.36. The van der Waals surface area contributed by atoms with Crippen molar-refractivity contribution >= 4 is 5.69 Å². The van der Waals surface area contributed by atoms with Crippen molar-refractivity contribution in [3.8, 4) is 5.75 Å². The van der Waals surface area contributed by atoms with E-state index in [0.29, 0.717) is 0 Å². The van der Waals surface area contributed by atoms with Gasteiger partial charge in [0.15, 0.2) is 0 Å². The van der Waals surface area contributed by atoms with Crippen molar-refractivity contribution in [2.24, 2.45) is 0 Å². The van der Waals surface area contributed by atoms with Gasteiger partial charge in [0.05, 0.1) is 12.8 Å². The Balaban J connectivity index is 2.98. The maximum absolute atomic E-state index is 9.15. The lowest BCUT2D eigenvalue weighted by Crippen LogP contribution is -2.14. The number of anilines is 1. The molecule has 2 N–H and O–H groups in total. The topological polar surface area (TPSA) is 41.5 Å². The molecule has 0 aliphatic carbocycles. The molecule has 0 bridgehead atoms. The van der Waals surface area contributed by atoms with Crippen molar-refractivity contribution in [2.75, 3.05) is 12.4 Å². The van der Waals surface area contributed by atoms with Gasteiger partial charge >= 0.3 is 0 Å². The molecule has 0 aliphatic rings. The van der Waals surface area contributed by atoms with Crippen LogP contribution < -0.4 is 10.1 Å². The Hall–Kier alpha value is -1.22. The molecule has 0 radical (unpaired) electrons. The van der Waals surface area contributed by atoms with Crippen LogP contribution >= 0.6 is 0 Å². The Kier molecular flexibility index (Phi) is 3.14. The van der Waals surface area contributed by atoms with E-state index >= 15 is 0 Å². The molecule has 72 valence electrons. The molecule has 1 aromatic carbocycles. The standard InChI is InChI=1S/C10H15NO2/c1-7-5-4-6-9(10(7)13-3)11-8(2)12/h4-6,8,11-12H,1-3H3. The van der Waals surface area contributed by atoms with Gasteiger partial charge < -0.3 is 15.2 Å². The number of hydrogen-bond donors (Lipinski definition) is 2. The van der Waals surface area contributed by atoms with Gasteiger partial charge in [-0.25, -0.2) is 0 Å². The van der Waals surface area contributed by atoms with Crippen LogP contribution in [0.5, 0.6) is 5.75 Å². The first kappa shape index (κ1) is 9.86. The molecule has 1 atom stereocenters. The highest BCUT2D eigenvalue weighted by Crippen LogP contribution is 2.27. The lowest BCUT2D eigenvalue weighted by molar-refractivity contribution is 0.223. The zero-order valence-corrected chi connectivity index (χ0v) is 8.16. The summed E-state index contributed by atoms with van der Waals surface area (Å²) in [6, 6.07) is 5.76. The molecule has 0 fully saturated rings. The van der Waals surface area contributed by atoms with Gasteiger partial charge in [-0.3, -0.25) is 0 Å². The highest BCUT2D eigenvalue weighted by atomic mass is 16.5. The van der Waals surface area contributed by atoms with E-state index in [-0.39, 0.29) is 0 Å². The van der Waals surface area contributed by atoms with Crippen LogP contribution in [0.3, 0.4) is 0 Å². The van der Waals surface area contributed by atoms with Crippen molar-refractivity contribution in [3.63, 3.8) is 0 Å². The second kappa shape index (κ2) is 4.14. The SMILES string of the molecule is COc1c(C)cccc1NC(C)O. The van der Waals surface area contributed by atoms with Crippen LogP contribution in [0, 0.1) is 6.92 Å². The summed E-state index contributed by atoms with van der Waals surface area (Å²) >= 11 is 0. The molecule has 1 rings (SSSR count). The van der Waals surface area contributed by atoms with Crippen LogP contribution in [0.4, 0.5) is 5.69 Å². The van der Waals surface area contributed by atoms with Gasteiger partial charge in [-0.15, -0.1) is 0 Å². The fourth-order valence-electron chi connectivity index (χ4n) is 1.26. The molecule has 0 amide bonds. The molecule has 0 aliphatic heterocycles. The average molecular weight is 181 g/mol. The van der Waals surface area contributed by atoms with E-state index in [1.807, 2.05) is 25.1 Å². The van der Waals surface area contributed by atoms with Gasteiger partial charge in [0, 0.05) is 0 Å². The quantitative estimate of drug-likeness (QED) is 0.698. The van der Waals surface area contributed by atoms with Gasteiger partial charge in [0.25, 0.3) is 0 Å². The monoisotopic (exact) mass is 181 g/mol. The van der Waals surface area contributed by atoms with Crippen LogP contribution in [0.2, 0.25) is 0 Å². The number of nitrogens with one attached hydrogen (secondary N) is 1. The van der Waals surface area contributed by atoms with E-state index in [0.717, 1.165) is 17.0 Å². The van der Waals surface area contributed by atoms with E-state index in [1.54, 1.807) is 14.0 Å². The highest BCUT2D eigenvalue weighted by molar-refractivity contribution is 5.59. The first-order chi connectivity index (χ1) is 6.15. The molecule has 3 heteroatoms. The maximum atomic E-state index is 9.15. The number of ether oxygens (including phenoxy) is 1. The smallest absolute Gasteiger partial charge is 0.144 e. The van der Waals surface area contributed by atoms with Crippen molar-refractivity contribution < 1.29 is 9.84 Å². The Morgan fingerprint density at radius 1 is 1.46 bits per heavy atom. The predicted molar refractivity (Wildman–Crippen MR) is 53.0 cm³/mol. The van der Waals surface area contributed by atoms with Crippen LogP contribution in [0.1, 0.15) is 12.5 Å². The number of methoxy groups -OCH3 is 1. The Morgan fingerprint density at radius 2 is 2.15 bits per heavy atom. The summed E-state index contributed by atoms with van der Waals surface area (Å²) in [7, 11) is 1.62. The molecule has 0 spiro atoms. The fourth-order valence-corrected chi connectivity index (χ4v) is 1.26. The third-order valence-corrected chi connectivity index (χ3v) is 1.78. The van der Waals surface area contributed by atoms with E-state index < -0.39 is 6.23 Å². The fraction of sp³-hybridized carbons (Fsp3) is 0.400. The molecule has 0 saturated heterocycles. The molecular weight excluding hydrogens is 166 g/mol. The lowest BCUT2D eigenvalue weighted by atomic mass is 10.2. The average Bonchev–Trinajstić information content (AvgIpc) is 2.03. The molecule has 0 aromatic heterocycles. The van der Waals surface area contributed by atoms with Crippen molar-refractivity contribution in [3.05, 3.63) is 23.8 Å². The van der Waals surface area contributed by atoms with Crippen LogP contribution in [-0.2, 0) is 0 Å². The molecule has 0 saturated carbocycles. The Labute approximate surface area is 78.3 Å². The maximum Gasteiger partial charge on any atom is 0.144 e. The minimum atomic E-state index is -0.573. The Bertz CT molecular complexity index is 284. The van der Waals surface area contributed by atoms with Crippen molar-refractivity contribution in [2.45, 2.75) is 20.1 Å². The third-order valence-electron chi connectivity index (χ3n) is 1.78. The molecular formula is C10H15NO2. The molecule has 13 heavy (non-hydrogen) atoms. The van der Waals surface area contributed by atoms with Gasteiger partial charge in [-0.1, -0.05) is 12.1 Å². The van der Waals surface area contributed by atoms with Crippen molar-refractivity contribution in [1.82, 2.24) is 0 Å². The number of benzene rings is 1. The minimum absolute atomic E-state index is 0.573. The van der Waals surface area contributed by atoms with E-state index in [4.69, 9.17) is 9.84 Å². The number of aliphatic hydroxyl groups is 1. The summed E-state index contributed by atoms with van der Waals surface area (Å²) in [5.41, 5.74) is 1.87. The second-order valence-corrected chi connectivity index (χ2v) is 2.98. The summed E-state index contributed by atoms with van der Waals surface area (Å²) in [5, 5.41) is 12.0. The zero-order chi connectivity index (χ0) is 9.84. The first-order valence-electron chi connectivity index (χ1n) is 4.23. The van der Waals surface area contributed by atoms with E-state index in [9.17, 15) is 0 Å². The first-order valence-corrected chi connectivity index (χ1v) is 4.23. The van der Waals surface area contributed by atoms with Gasteiger partial charge in [-0.05, 0) is 25.5 Å². The Morgan fingerprint density at radius 3 is 2.69 bits per heavy atom. The molecule has 3 nitrogen and oxygen atoms in total. The lowest BCUT2D eigenvalue weighted by Gasteiger charge is -2.14. The number of aryl methyl sites for hydroxylation is 1. The molecule has 1 unspecified atom stereocenters. The second-order valence-electron chi connectivity index (χ2n) is 2.98. The van der Waals surface area contributed by atoms with Crippen molar-refractivity contribution in [1.29, 1.82) is 0 Å². The van der Waals surface area contributed by atoms with Gasteiger partial charge in [0.2, 0.25) is 0 Å². The normalized spacial score (nSPS) is 12.3. The predicted octanol–water partition coefficient (Wildman–Crippen LogP) is 1.75. The summed E-state index contributed by atoms with van der Waals surface area (Å²) in [6.07, 6.45) is -0.573. The van der Waals surface area contributed by atoms with Crippen LogP contribution in [-0.4, -0.2) is 18.4 Å². The van der Waals surface area contributed by atoms with Gasteiger partial charge in [0.1, 0.15) is 12.0 Å². The summed E-state index contributed by atoms with van der Waals surface area (Å²) < 4.78 is 5.20. The van der Waals surface area contributed by atoms with E-state index in [1.165, 1.54) is 0 Å². The summed E-state index contributed by atoms with van der Waals surface area (Å²) in [6.45, 7) is 3.63. The van der Waals surface area contributed by atoms with E-state index in [2.05, 4.69) is 5.32 Å². The largest absolute Gasteiger partial charge is 0.494 e. The number of rotatable bonds is 3. The van der Waals surface area contributed by atoms with Crippen LogP contribution in [0.15, 0.2) is 18.2 Å². The zero-order valence-electron chi connectivity index (χ0n) is 8.16. The summed E-state index contributed by atoms with van der Waals surface area (Å²) in [4.78, 5) is 0. The number of para-hydroxylation sites is 1. The highest BCUT2D eigenvalue weighted by Gasteiger charge is 2.06. The summed E-state index contributed by atoms with van der Waals surface area (Å²) in [5.74, 6) is 0.781. The van der Waals surface area contributed by atoms with Gasteiger partial charge in [-0.2, -0.15) is 0 Å². The molecule has 1 aromatic rings. The molecule has 0 heterocycles. The number of aliphatic hydroxyl groups excluding tert-OH is 1. The van der Waals surface area contributed by atoms with Crippen LogP contribution in [0.25, 0.3) is 0 Å². The minimum Gasteiger partial charge on any atom is -0.494 e. The number of hydrogen-bond acceptors (Lipinski definition) is 3.